The lowest BCUT2D eigenvalue weighted by molar-refractivity contribution is -0.383. The van der Waals surface area contributed by atoms with Crippen molar-refractivity contribution in [3.63, 3.8) is 0 Å². The Bertz CT molecular complexity index is 1100. The molecule has 10 nitrogen and oxygen atoms in total. The normalized spacial score (nSPS) is 14.1. The zero-order valence-electron chi connectivity index (χ0n) is 18.6. The van der Waals surface area contributed by atoms with Crippen LogP contribution in [0, 0.1) is 10.1 Å². The van der Waals surface area contributed by atoms with Crippen LogP contribution in [0.3, 0.4) is 0 Å². The Hall–Kier alpha value is -3.92. The third-order valence-corrected chi connectivity index (χ3v) is 5.57. The van der Waals surface area contributed by atoms with E-state index in [0.717, 1.165) is 19.6 Å². The number of nitrogens with zero attached hydrogens (tertiary/aromatic N) is 5. The molecule has 33 heavy (non-hydrogen) atoms. The summed E-state index contributed by atoms with van der Waals surface area (Å²) in [5.41, 5.74) is 1.59. The van der Waals surface area contributed by atoms with E-state index in [9.17, 15) is 10.1 Å². The second kappa shape index (κ2) is 10.1. The molecular formula is C23H26N6O4. The molecule has 2 aromatic carbocycles. The van der Waals surface area contributed by atoms with Gasteiger partial charge in [-0.2, -0.15) is 0 Å². The molecule has 0 bridgehead atoms. The molecule has 0 amide bonds. The van der Waals surface area contributed by atoms with Gasteiger partial charge in [0, 0.05) is 38.8 Å². The van der Waals surface area contributed by atoms with Crippen molar-refractivity contribution in [2.45, 2.75) is 6.54 Å². The smallest absolute Gasteiger partial charge is 0.353 e. The van der Waals surface area contributed by atoms with Crippen molar-refractivity contribution in [1.82, 2.24) is 14.9 Å². The minimum atomic E-state index is -0.444. The maximum Gasteiger partial charge on any atom is 0.353 e. The van der Waals surface area contributed by atoms with Crippen molar-refractivity contribution in [2.24, 2.45) is 0 Å². The van der Waals surface area contributed by atoms with Gasteiger partial charge < -0.3 is 19.7 Å². The highest BCUT2D eigenvalue weighted by molar-refractivity contribution is 5.77. The molecule has 1 aliphatic heterocycles. The van der Waals surface area contributed by atoms with Crippen LogP contribution < -0.4 is 19.7 Å². The number of benzene rings is 2. The van der Waals surface area contributed by atoms with Gasteiger partial charge in [0.2, 0.25) is 11.6 Å². The number of nitrogens with one attached hydrogen (secondary N) is 1. The Kier molecular flexibility index (Phi) is 6.84. The van der Waals surface area contributed by atoms with Crippen molar-refractivity contribution < 1.29 is 14.4 Å². The van der Waals surface area contributed by atoms with Gasteiger partial charge in [-0.15, -0.1) is 0 Å². The number of ether oxygens (including phenoxy) is 2. The Morgan fingerprint density at radius 2 is 1.79 bits per heavy atom. The van der Waals surface area contributed by atoms with Crippen LogP contribution in [-0.2, 0) is 6.54 Å². The molecule has 0 aliphatic carbocycles. The Balaban J connectivity index is 1.55. The summed E-state index contributed by atoms with van der Waals surface area (Å²) >= 11 is 0. The summed E-state index contributed by atoms with van der Waals surface area (Å²) in [5.74, 6) is 1.51. The van der Waals surface area contributed by atoms with Crippen LogP contribution in [-0.4, -0.2) is 60.2 Å². The number of piperazine rings is 1. The van der Waals surface area contributed by atoms with E-state index < -0.39 is 4.92 Å². The van der Waals surface area contributed by atoms with Gasteiger partial charge in [-0.05, 0) is 17.7 Å². The van der Waals surface area contributed by atoms with Crippen molar-refractivity contribution in [3.05, 3.63) is 70.5 Å². The summed E-state index contributed by atoms with van der Waals surface area (Å²) in [5, 5.41) is 15.1. The van der Waals surface area contributed by atoms with E-state index in [1.807, 2.05) is 23.1 Å². The van der Waals surface area contributed by atoms with E-state index in [2.05, 4.69) is 32.3 Å². The minimum Gasteiger partial charge on any atom is -0.497 e. The zero-order chi connectivity index (χ0) is 23.2. The summed E-state index contributed by atoms with van der Waals surface area (Å²) in [6.07, 6.45) is 1.34. The number of aromatic nitrogens is 2. The summed E-state index contributed by atoms with van der Waals surface area (Å²) in [6, 6.07) is 15.4. The molecule has 2 heterocycles. The van der Waals surface area contributed by atoms with Crippen LogP contribution in [0.25, 0.3) is 0 Å². The summed E-state index contributed by atoms with van der Waals surface area (Å²) in [4.78, 5) is 24.3. The van der Waals surface area contributed by atoms with Gasteiger partial charge in [0.1, 0.15) is 17.8 Å². The number of hydrogen-bond donors (Lipinski definition) is 1. The van der Waals surface area contributed by atoms with Gasteiger partial charge in [0.15, 0.2) is 0 Å². The molecule has 0 unspecified atom stereocenters. The van der Waals surface area contributed by atoms with E-state index in [-0.39, 0.29) is 11.5 Å². The molecule has 0 saturated carbocycles. The highest BCUT2D eigenvalue weighted by Gasteiger charge is 2.29. The molecule has 1 N–H and O–H groups in total. The van der Waals surface area contributed by atoms with Gasteiger partial charge in [-0.25, -0.2) is 9.97 Å². The maximum absolute atomic E-state index is 12.1. The lowest BCUT2D eigenvalue weighted by Gasteiger charge is -2.35. The summed E-state index contributed by atoms with van der Waals surface area (Å²) in [7, 11) is 3.08. The lowest BCUT2D eigenvalue weighted by atomic mass is 10.2. The maximum atomic E-state index is 12.1. The second-order valence-electron chi connectivity index (χ2n) is 7.59. The van der Waals surface area contributed by atoms with E-state index in [1.165, 1.54) is 19.0 Å². The van der Waals surface area contributed by atoms with Crippen LogP contribution in [0.1, 0.15) is 5.56 Å². The monoisotopic (exact) mass is 450 g/mol. The molecule has 1 saturated heterocycles. The quantitative estimate of drug-likeness (QED) is 0.408. The number of hydrogen-bond acceptors (Lipinski definition) is 9. The second-order valence-corrected chi connectivity index (χ2v) is 7.59. The molecule has 10 heteroatoms. The number of anilines is 3. The molecule has 172 valence electrons. The first kappa shape index (κ1) is 22.3. The molecule has 3 aromatic rings. The minimum absolute atomic E-state index is 0.100. The van der Waals surface area contributed by atoms with Crippen molar-refractivity contribution >= 4 is 23.0 Å². The topological polar surface area (TPSA) is 106 Å². The van der Waals surface area contributed by atoms with Crippen molar-refractivity contribution in [3.8, 4) is 11.5 Å². The third-order valence-electron chi connectivity index (χ3n) is 5.57. The fraction of sp³-hybridized carbons (Fsp3) is 0.304. The highest BCUT2D eigenvalue weighted by Crippen LogP contribution is 2.37. The fourth-order valence-corrected chi connectivity index (χ4v) is 3.86. The molecule has 1 fully saturated rings. The number of nitro groups is 1. The first-order chi connectivity index (χ1) is 16.1. The summed E-state index contributed by atoms with van der Waals surface area (Å²) in [6.45, 7) is 3.67. The average Bonchev–Trinajstić information content (AvgIpc) is 2.85. The van der Waals surface area contributed by atoms with Gasteiger partial charge in [-0.3, -0.25) is 15.0 Å². The van der Waals surface area contributed by atoms with Crippen LogP contribution in [0.4, 0.5) is 23.0 Å². The first-order valence-electron chi connectivity index (χ1n) is 10.6. The van der Waals surface area contributed by atoms with E-state index >= 15 is 0 Å². The predicted octanol–water partition coefficient (Wildman–Crippen LogP) is 3.47. The highest BCUT2D eigenvalue weighted by atomic mass is 16.6. The standard InChI is InChI=1S/C23H26N6O4/c1-32-18-8-9-20(33-2)19(14-18)26-22-21(29(30)31)23(25-16-24-22)28-12-10-27(11-13-28)15-17-6-4-3-5-7-17/h3-9,14,16H,10-13,15H2,1-2H3,(H,24,25,26). The van der Waals surface area contributed by atoms with E-state index in [0.29, 0.717) is 36.1 Å². The largest absolute Gasteiger partial charge is 0.497 e. The third kappa shape index (κ3) is 5.12. The Morgan fingerprint density at radius 1 is 1.03 bits per heavy atom. The SMILES string of the molecule is COc1ccc(OC)c(Nc2ncnc(N3CCN(Cc4ccccc4)CC3)c2[N+](=O)[O-])c1. The van der Waals surface area contributed by atoms with Gasteiger partial charge in [-0.1, -0.05) is 30.3 Å². The van der Waals surface area contributed by atoms with Crippen LogP contribution in [0.5, 0.6) is 11.5 Å². The molecule has 0 radical (unpaired) electrons. The van der Waals surface area contributed by atoms with Gasteiger partial charge in [0.05, 0.1) is 24.8 Å². The van der Waals surface area contributed by atoms with Crippen molar-refractivity contribution in [1.29, 1.82) is 0 Å². The lowest BCUT2D eigenvalue weighted by Crippen LogP contribution is -2.46. The molecule has 0 spiro atoms. The van der Waals surface area contributed by atoms with Crippen LogP contribution in [0.2, 0.25) is 0 Å². The van der Waals surface area contributed by atoms with Crippen molar-refractivity contribution in [2.75, 3.05) is 50.6 Å². The molecule has 4 rings (SSSR count). The summed E-state index contributed by atoms with van der Waals surface area (Å²) < 4.78 is 10.6. The van der Waals surface area contributed by atoms with E-state index in [4.69, 9.17) is 9.47 Å². The molecule has 0 atom stereocenters. The van der Waals surface area contributed by atoms with Gasteiger partial charge >= 0.3 is 5.69 Å². The fourth-order valence-electron chi connectivity index (χ4n) is 3.86. The Morgan fingerprint density at radius 3 is 2.45 bits per heavy atom. The van der Waals surface area contributed by atoms with E-state index in [1.54, 1.807) is 25.3 Å². The van der Waals surface area contributed by atoms with Crippen LogP contribution >= 0.6 is 0 Å². The molecular weight excluding hydrogens is 424 g/mol. The predicted molar refractivity (Wildman–Crippen MR) is 125 cm³/mol. The zero-order valence-corrected chi connectivity index (χ0v) is 18.6. The molecule has 1 aromatic heterocycles. The number of methoxy groups -OCH3 is 2. The van der Waals surface area contributed by atoms with Gasteiger partial charge in [0.25, 0.3) is 0 Å². The molecule has 1 aliphatic rings. The Labute approximate surface area is 191 Å². The van der Waals surface area contributed by atoms with Crippen LogP contribution in [0.15, 0.2) is 54.9 Å². The number of rotatable bonds is 8. The first-order valence-corrected chi connectivity index (χ1v) is 10.6. The average molecular weight is 450 g/mol.